The van der Waals surface area contributed by atoms with Crippen molar-refractivity contribution in [2.75, 3.05) is 5.32 Å². The van der Waals surface area contributed by atoms with Crippen molar-refractivity contribution in [1.29, 1.82) is 0 Å². The molecular formula is C29H30ClN3O4. The number of nitrogens with zero attached hydrogens (tertiary/aromatic N) is 1. The van der Waals surface area contributed by atoms with Gasteiger partial charge in [-0.1, -0.05) is 73.3 Å². The van der Waals surface area contributed by atoms with Gasteiger partial charge < -0.3 is 20.3 Å². The number of carbonyl (C=O) groups excluding carboxylic acids is 3. The number of hydrogen-bond acceptors (Lipinski definition) is 4. The fourth-order valence-electron chi connectivity index (χ4n) is 6.50. The fourth-order valence-corrected chi connectivity index (χ4v) is 6.63. The van der Waals surface area contributed by atoms with E-state index in [4.69, 9.17) is 16.3 Å². The Morgan fingerprint density at radius 1 is 1.00 bits per heavy atom. The third kappa shape index (κ3) is 4.24. The highest BCUT2D eigenvalue weighted by molar-refractivity contribution is 6.30. The van der Waals surface area contributed by atoms with Crippen LogP contribution in [0, 0.1) is 11.8 Å². The van der Waals surface area contributed by atoms with E-state index < -0.39 is 29.6 Å². The Morgan fingerprint density at radius 3 is 2.46 bits per heavy atom. The molecular weight excluding hydrogens is 490 g/mol. The van der Waals surface area contributed by atoms with E-state index >= 15 is 0 Å². The van der Waals surface area contributed by atoms with E-state index in [1.54, 1.807) is 29.2 Å². The molecule has 3 amide bonds. The maximum atomic E-state index is 14.0. The molecule has 2 aromatic rings. The van der Waals surface area contributed by atoms with Crippen molar-refractivity contribution in [3.05, 3.63) is 77.3 Å². The summed E-state index contributed by atoms with van der Waals surface area (Å²) in [5, 5.41) is 6.70. The van der Waals surface area contributed by atoms with Crippen LogP contribution in [0.4, 0.5) is 5.69 Å². The van der Waals surface area contributed by atoms with Crippen molar-refractivity contribution in [1.82, 2.24) is 10.2 Å². The van der Waals surface area contributed by atoms with E-state index in [1.165, 1.54) is 6.42 Å². The van der Waals surface area contributed by atoms with Gasteiger partial charge in [0.15, 0.2) is 0 Å². The van der Waals surface area contributed by atoms with Gasteiger partial charge in [-0.05, 0) is 42.7 Å². The summed E-state index contributed by atoms with van der Waals surface area (Å²) in [6, 6.07) is 15.7. The van der Waals surface area contributed by atoms with Gasteiger partial charge in [-0.25, -0.2) is 0 Å². The third-order valence-electron chi connectivity index (χ3n) is 8.18. The van der Waals surface area contributed by atoms with Crippen molar-refractivity contribution in [2.45, 2.75) is 62.4 Å². The second-order valence-electron chi connectivity index (χ2n) is 10.5. The largest absolute Gasteiger partial charge is 0.359 e. The molecule has 2 aromatic carbocycles. The lowest BCUT2D eigenvalue weighted by Gasteiger charge is -2.34. The number of hydrogen-bond donors (Lipinski definition) is 2. The predicted molar refractivity (Wildman–Crippen MR) is 140 cm³/mol. The monoisotopic (exact) mass is 519 g/mol. The number of amides is 3. The third-order valence-corrected chi connectivity index (χ3v) is 8.44. The second-order valence-corrected chi connectivity index (χ2v) is 10.9. The number of nitrogens with one attached hydrogen (secondary N) is 2. The lowest BCUT2D eigenvalue weighted by molar-refractivity contribution is -0.142. The second kappa shape index (κ2) is 9.62. The summed E-state index contributed by atoms with van der Waals surface area (Å²) in [5.74, 6) is -2.25. The van der Waals surface area contributed by atoms with Crippen LogP contribution in [-0.2, 0) is 25.7 Å². The van der Waals surface area contributed by atoms with Crippen LogP contribution in [0.15, 0.2) is 66.7 Å². The van der Waals surface area contributed by atoms with Crippen LogP contribution in [0.25, 0.3) is 0 Å². The summed E-state index contributed by atoms with van der Waals surface area (Å²) in [7, 11) is 0. The molecule has 3 heterocycles. The normalized spacial score (nSPS) is 30.4. The van der Waals surface area contributed by atoms with Crippen LogP contribution in [0.5, 0.6) is 0 Å². The number of anilines is 1. The van der Waals surface area contributed by atoms with E-state index in [0.29, 0.717) is 10.7 Å². The minimum atomic E-state index is -1.17. The van der Waals surface area contributed by atoms with Gasteiger partial charge in [0.1, 0.15) is 11.6 Å². The van der Waals surface area contributed by atoms with Gasteiger partial charge in [-0.3, -0.25) is 14.4 Å². The molecule has 7 nitrogen and oxygen atoms in total. The molecule has 1 spiro atoms. The fraction of sp³-hybridized carbons (Fsp3) is 0.414. The van der Waals surface area contributed by atoms with Gasteiger partial charge in [0, 0.05) is 23.3 Å². The number of carbonyl (C=O) groups is 3. The molecule has 37 heavy (non-hydrogen) atoms. The summed E-state index contributed by atoms with van der Waals surface area (Å²) in [4.78, 5) is 43.0. The first-order chi connectivity index (χ1) is 18.0. The Labute approximate surface area is 221 Å². The molecule has 5 unspecified atom stereocenters. The number of fused-ring (bicyclic) bond motifs is 1. The molecule has 2 saturated heterocycles. The summed E-state index contributed by atoms with van der Waals surface area (Å²) < 4.78 is 6.42. The van der Waals surface area contributed by atoms with Gasteiger partial charge in [-0.15, -0.1) is 0 Å². The molecule has 6 rings (SSSR count). The zero-order valence-electron chi connectivity index (χ0n) is 20.4. The van der Waals surface area contributed by atoms with Gasteiger partial charge in [-0.2, -0.15) is 0 Å². The van der Waals surface area contributed by atoms with Crippen LogP contribution in [-0.4, -0.2) is 46.4 Å². The van der Waals surface area contributed by atoms with E-state index in [1.807, 2.05) is 42.5 Å². The number of halogens is 1. The molecule has 3 fully saturated rings. The minimum absolute atomic E-state index is 0.0944. The average Bonchev–Trinajstić information content (AvgIpc) is 3.54. The van der Waals surface area contributed by atoms with Crippen LogP contribution in [0.2, 0.25) is 5.02 Å². The summed E-state index contributed by atoms with van der Waals surface area (Å²) >= 11 is 5.99. The van der Waals surface area contributed by atoms with Gasteiger partial charge >= 0.3 is 0 Å². The van der Waals surface area contributed by atoms with Crippen molar-refractivity contribution < 1.29 is 19.1 Å². The van der Waals surface area contributed by atoms with Crippen LogP contribution in [0.3, 0.4) is 0 Å². The maximum Gasteiger partial charge on any atom is 0.246 e. The predicted octanol–water partition coefficient (Wildman–Crippen LogP) is 4.08. The quantitative estimate of drug-likeness (QED) is 0.563. The molecule has 4 aliphatic rings. The van der Waals surface area contributed by atoms with E-state index in [0.717, 1.165) is 31.2 Å². The lowest BCUT2D eigenvalue weighted by Crippen LogP contribution is -2.56. The number of benzene rings is 2. The Hall–Kier alpha value is -3.16. The first-order valence-corrected chi connectivity index (χ1v) is 13.4. The lowest BCUT2D eigenvalue weighted by atomic mass is 9.74. The molecule has 2 N–H and O–H groups in total. The number of rotatable bonds is 6. The van der Waals surface area contributed by atoms with Crippen LogP contribution in [0.1, 0.15) is 37.7 Å². The average molecular weight is 520 g/mol. The topological polar surface area (TPSA) is 87.7 Å². The molecule has 2 bridgehead atoms. The van der Waals surface area contributed by atoms with Crippen molar-refractivity contribution in [3.8, 4) is 0 Å². The standard InChI is InChI=1S/C29H30ClN3O4/c30-19-11-13-21(14-12-19)31-26(34)23-22-15-16-29(37-22)24(23)28(36)33(17-18-7-3-1-4-8-18)25(29)27(35)32-20-9-5-2-6-10-20/h1,3-4,7-8,11-16,20,22-25H,2,5-6,9-10,17H2,(H,31,34)(H,32,35). The number of ether oxygens (including phenoxy) is 1. The van der Waals surface area contributed by atoms with Crippen LogP contribution < -0.4 is 10.6 Å². The highest BCUT2D eigenvalue weighted by Gasteiger charge is 2.72. The first kappa shape index (κ1) is 24.2. The summed E-state index contributed by atoms with van der Waals surface area (Å²) in [6.45, 7) is 0.272. The van der Waals surface area contributed by atoms with Crippen molar-refractivity contribution in [3.63, 3.8) is 0 Å². The highest BCUT2D eigenvalue weighted by Crippen LogP contribution is 2.55. The highest BCUT2D eigenvalue weighted by atomic mass is 35.5. The molecule has 8 heteroatoms. The Balaban J connectivity index is 1.32. The maximum absolute atomic E-state index is 14.0. The molecule has 3 aliphatic heterocycles. The van der Waals surface area contributed by atoms with E-state index in [9.17, 15) is 14.4 Å². The van der Waals surface area contributed by atoms with Crippen LogP contribution >= 0.6 is 11.6 Å². The Kier molecular flexibility index (Phi) is 6.29. The zero-order chi connectivity index (χ0) is 25.6. The summed E-state index contributed by atoms with van der Waals surface area (Å²) in [6.07, 6.45) is 8.34. The Morgan fingerprint density at radius 2 is 1.73 bits per heavy atom. The van der Waals surface area contributed by atoms with Gasteiger partial charge in [0.2, 0.25) is 17.7 Å². The van der Waals surface area contributed by atoms with Crippen molar-refractivity contribution in [2.24, 2.45) is 11.8 Å². The van der Waals surface area contributed by atoms with E-state index in [2.05, 4.69) is 10.6 Å². The molecule has 1 saturated carbocycles. The zero-order valence-corrected chi connectivity index (χ0v) is 21.2. The Bertz CT molecular complexity index is 1230. The molecule has 0 aromatic heterocycles. The molecule has 192 valence electrons. The smallest absolute Gasteiger partial charge is 0.246 e. The van der Waals surface area contributed by atoms with Gasteiger partial charge in [0.25, 0.3) is 0 Å². The van der Waals surface area contributed by atoms with Gasteiger partial charge in [0.05, 0.1) is 17.9 Å². The molecule has 0 radical (unpaired) electrons. The molecule has 5 atom stereocenters. The summed E-state index contributed by atoms with van der Waals surface area (Å²) in [5.41, 5.74) is 0.342. The molecule has 1 aliphatic carbocycles. The minimum Gasteiger partial charge on any atom is -0.359 e. The SMILES string of the molecule is O=C(Nc1ccc(Cl)cc1)C1C2C=CC3(O2)C1C(=O)N(Cc1ccccc1)C3C(=O)NC1CCCCC1. The number of likely N-dealkylation sites (tertiary alicyclic amines) is 1. The first-order valence-electron chi connectivity index (χ1n) is 13.0. The van der Waals surface area contributed by atoms with Crippen molar-refractivity contribution >= 4 is 35.0 Å². The van der Waals surface area contributed by atoms with E-state index in [-0.39, 0.29) is 30.3 Å².